The van der Waals surface area contributed by atoms with Crippen molar-refractivity contribution in [3.05, 3.63) is 0 Å². The predicted molar refractivity (Wildman–Crippen MR) is 43.1 cm³/mol. The fourth-order valence-electron chi connectivity index (χ4n) is 2.57. The van der Waals surface area contributed by atoms with Crippen LogP contribution in [0.1, 0.15) is 12.8 Å². The number of hydrogen-bond donors (Lipinski definition) is 1. The molecule has 3 nitrogen and oxygen atoms in total. The zero-order valence-corrected chi connectivity index (χ0v) is 6.84. The maximum Gasteiger partial charge on any atom is 0.142 e. The lowest BCUT2D eigenvalue weighted by molar-refractivity contribution is 0.0367. The molecular weight excluding hydrogens is 138 g/mol. The van der Waals surface area contributed by atoms with Gasteiger partial charge in [0.15, 0.2) is 0 Å². The highest BCUT2D eigenvalue weighted by Gasteiger charge is 2.58. The van der Waals surface area contributed by atoms with Gasteiger partial charge in [-0.2, -0.15) is 0 Å². The van der Waals surface area contributed by atoms with Gasteiger partial charge in [0, 0.05) is 26.2 Å². The number of rotatable bonds is 0. The molecule has 0 saturated carbocycles. The first kappa shape index (κ1) is 6.40. The summed E-state index contributed by atoms with van der Waals surface area (Å²) in [5.74, 6) is 0.358. The molecule has 2 unspecified atom stereocenters. The molecule has 1 spiro atoms. The van der Waals surface area contributed by atoms with Crippen LogP contribution in [0.15, 0.2) is 0 Å². The highest BCUT2D eigenvalue weighted by Crippen LogP contribution is 2.38. The van der Waals surface area contributed by atoms with Crippen molar-refractivity contribution in [1.29, 1.82) is 0 Å². The molecular formula is C8H15N3. The summed E-state index contributed by atoms with van der Waals surface area (Å²) < 4.78 is 0. The molecule has 3 rings (SSSR count). The number of nitrogens with one attached hydrogen (secondary N) is 1. The van der Waals surface area contributed by atoms with Crippen molar-refractivity contribution >= 4 is 0 Å². The molecule has 0 aliphatic carbocycles. The Morgan fingerprint density at radius 2 is 1.82 bits per heavy atom. The summed E-state index contributed by atoms with van der Waals surface area (Å²) in [5, 5.41) is 3.62. The first-order valence-corrected chi connectivity index (χ1v) is 4.67. The van der Waals surface area contributed by atoms with Gasteiger partial charge in [0.1, 0.15) is 5.79 Å². The van der Waals surface area contributed by atoms with Crippen LogP contribution in [-0.4, -0.2) is 48.3 Å². The zero-order chi connectivity index (χ0) is 7.31. The van der Waals surface area contributed by atoms with Gasteiger partial charge in [-0.25, -0.2) is 0 Å². The molecule has 11 heavy (non-hydrogen) atoms. The Hall–Kier alpha value is -0.120. The summed E-state index contributed by atoms with van der Waals surface area (Å²) >= 11 is 0. The predicted octanol–water partition coefficient (Wildman–Crippen LogP) is -0.345. The molecule has 0 aromatic heterocycles. The molecule has 0 aromatic rings. The van der Waals surface area contributed by atoms with Crippen LogP contribution in [0.5, 0.6) is 0 Å². The Kier molecular flexibility index (Phi) is 1.15. The molecule has 3 aliphatic rings. The minimum absolute atomic E-state index is 0.358. The van der Waals surface area contributed by atoms with Crippen LogP contribution in [0, 0.1) is 0 Å². The second-order valence-electron chi connectivity index (χ2n) is 3.86. The maximum atomic E-state index is 3.62. The van der Waals surface area contributed by atoms with Crippen LogP contribution < -0.4 is 5.32 Å². The Morgan fingerprint density at radius 1 is 1.00 bits per heavy atom. The van der Waals surface area contributed by atoms with Gasteiger partial charge in [0.25, 0.3) is 0 Å². The van der Waals surface area contributed by atoms with Gasteiger partial charge in [0.2, 0.25) is 0 Å². The highest BCUT2D eigenvalue weighted by atomic mass is 15.6. The van der Waals surface area contributed by atoms with Gasteiger partial charge in [-0.05, 0) is 19.4 Å². The average Bonchev–Trinajstić information content (AvgIpc) is 2.75. The largest absolute Gasteiger partial charge is 0.285 e. The van der Waals surface area contributed by atoms with E-state index in [0.717, 1.165) is 0 Å². The van der Waals surface area contributed by atoms with Gasteiger partial charge in [0.05, 0.1) is 0 Å². The van der Waals surface area contributed by atoms with Gasteiger partial charge >= 0.3 is 0 Å². The average molecular weight is 153 g/mol. The number of nitrogens with zero attached hydrogens (tertiary/aromatic N) is 2. The van der Waals surface area contributed by atoms with Crippen molar-refractivity contribution in [1.82, 2.24) is 15.1 Å². The smallest absolute Gasteiger partial charge is 0.142 e. The van der Waals surface area contributed by atoms with Gasteiger partial charge in [-0.1, -0.05) is 0 Å². The molecule has 2 atom stereocenters. The molecule has 3 fully saturated rings. The standard InChI is InChI=1S/C8H15N3/c1-3-9-8-7-11(8)6-2-5-10(8)4-1/h9H,1-7H2. The third kappa shape index (κ3) is 0.736. The van der Waals surface area contributed by atoms with E-state index in [1.54, 1.807) is 0 Å². The SMILES string of the molecule is C1CNC23CN2CCCN3C1. The number of hydrogen-bond acceptors (Lipinski definition) is 3. The molecule has 1 N–H and O–H groups in total. The summed E-state index contributed by atoms with van der Waals surface area (Å²) in [5.41, 5.74) is 0. The van der Waals surface area contributed by atoms with Gasteiger partial charge in [-0.3, -0.25) is 15.1 Å². The first-order chi connectivity index (χ1) is 5.42. The molecule has 0 radical (unpaired) electrons. The van der Waals surface area contributed by atoms with Crippen LogP contribution in [0.3, 0.4) is 0 Å². The van der Waals surface area contributed by atoms with Crippen molar-refractivity contribution in [2.45, 2.75) is 18.6 Å². The van der Waals surface area contributed by atoms with Crippen molar-refractivity contribution in [2.75, 3.05) is 32.7 Å². The molecule has 3 saturated heterocycles. The Balaban J connectivity index is 1.84. The topological polar surface area (TPSA) is 18.3 Å². The molecule has 3 heteroatoms. The molecule has 0 amide bonds. The lowest BCUT2D eigenvalue weighted by Crippen LogP contribution is -2.59. The molecule has 0 aromatic carbocycles. The van der Waals surface area contributed by atoms with E-state index >= 15 is 0 Å². The quantitative estimate of drug-likeness (QED) is 0.480. The van der Waals surface area contributed by atoms with Gasteiger partial charge in [-0.15, -0.1) is 0 Å². The lowest BCUT2D eigenvalue weighted by atomic mass is 10.2. The van der Waals surface area contributed by atoms with Crippen molar-refractivity contribution in [3.8, 4) is 0 Å². The summed E-state index contributed by atoms with van der Waals surface area (Å²) in [6.07, 6.45) is 2.69. The normalized spacial score (nSPS) is 49.6. The second-order valence-corrected chi connectivity index (χ2v) is 3.86. The summed E-state index contributed by atoms with van der Waals surface area (Å²) in [6.45, 7) is 6.41. The summed E-state index contributed by atoms with van der Waals surface area (Å²) in [6, 6.07) is 0. The second kappa shape index (κ2) is 1.97. The van der Waals surface area contributed by atoms with E-state index in [9.17, 15) is 0 Å². The van der Waals surface area contributed by atoms with E-state index in [1.165, 1.54) is 45.6 Å². The molecule has 62 valence electrons. The highest BCUT2D eigenvalue weighted by molar-refractivity contribution is 5.08. The fraction of sp³-hybridized carbons (Fsp3) is 1.00. The van der Waals surface area contributed by atoms with E-state index in [2.05, 4.69) is 15.1 Å². The minimum Gasteiger partial charge on any atom is -0.285 e. The van der Waals surface area contributed by atoms with Crippen molar-refractivity contribution < 1.29 is 0 Å². The molecule has 3 aliphatic heterocycles. The van der Waals surface area contributed by atoms with Crippen LogP contribution >= 0.6 is 0 Å². The molecule has 3 heterocycles. The van der Waals surface area contributed by atoms with Crippen LogP contribution in [0.4, 0.5) is 0 Å². The van der Waals surface area contributed by atoms with E-state index in [1.807, 2.05) is 0 Å². The van der Waals surface area contributed by atoms with Crippen LogP contribution in [-0.2, 0) is 0 Å². The maximum absolute atomic E-state index is 3.62. The van der Waals surface area contributed by atoms with Gasteiger partial charge < -0.3 is 0 Å². The van der Waals surface area contributed by atoms with E-state index in [4.69, 9.17) is 0 Å². The zero-order valence-electron chi connectivity index (χ0n) is 6.84. The monoisotopic (exact) mass is 153 g/mol. The third-order valence-electron chi connectivity index (χ3n) is 3.22. The third-order valence-corrected chi connectivity index (χ3v) is 3.22. The summed E-state index contributed by atoms with van der Waals surface area (Å²) in [7, 11) is 0. The summed E-state index contributed by atoms with van der Waals surface area (Å²) in [4.78, 5) is 5.16. The fourth-order valence-corrected chi connectivity index (χ4v) is 2.57. The van der Waals surface area contributed by atoms with Crippen molar-refractivity contribution in [2.24, 2.45) is 0 Å². The van der Waals surface area contributed by atoms with Crippen molar-refractivity contribution in [3.63, 3.8) is 0 Å². The van der Waals surface area contributed by atoms with E-state index in [-0.39, 0.29) is 0 Å². The first-order valence-electron chi connectivity index (χ1n) is 4.67. The van der Waals surface area contributed by atoms with E-state index < -0.39 is 0 Å². The lowest BCUT2D eigenvalue weighted by Gasteiger charge is -2.40. The van der Waals surface area contributed by atoms with E-state index in [0.29, 0.717) is 5.79 Å². The minimum atomic E-state index is 0.358. The Bertz CT molecular complexity index is 180. The molecule has 0 bridgehead atoms. The van der Waals surface area contributed by atoms with Crippen LogP contribution in [0.2, 0.25) is 0 Å². The Labute approximate surface area is 67.3 Å². The Morgan fingerprint density at radius 3 is 2.73 bits per heavy atom. The van der Waals surface area contributed by atoms with Crippen LogP contribution in [0.25, 0.3) is 0 Å².